The summed E-state index contributed by atoms with van der Waals surface area (Å²) in [7, 11) is 2.82. The number of allylic oxidation sites excluding steroid dienone is 1. The molecule has 0 saturated carbocycles. The predicted molar refractivity (Wildman–Crippen MR) is 124 cm³/mol. The third kappa shape index (κ3) is 7.53. The largest absolute Gasteiger partial charge is 0.468 e. The molecule has 1 fully saturated rings. The van der Waals surface area contributed by atoms with Crippen molar-refractivity contribution in [1.82, 2.24) is 20.9 Å². The summed E-state index contributed by atoms with van der Waals surface area (Å²) < 4.78 is 10.2. The Hall–Kier alpha value is -2.46. The van der Waals surface area contributed by atoms with Gasteiger partial charge in [-0.2, -0.15) is 0 Å². The molecule has 3 N–H and O–H groups in total. The lowest BCUT2D eigenvalue weighted by molar-refractivity contribution is -0.152. The Morgan fingerprint density at radius 1 is 1.06 bits per heavy atom. The zero-order valence-electron chi connectivity index (χ0n) is 21.1. The molecular formula is C23H40N4O6. The molecule has 1 saturated heterocycles. The van der Waals surface area contributed by atoms with Crippen molar-refractivity contribution in [2.75, 3.05) is 33.9 Å². The van der Waals surface area contributed by atoms with Crippen LogP contribution in [0.25, 0.3) is 0 Å². The molecule has 1 rings (SSSR count). The lowest BCUT2D eigenvalue weighted by Gasteiger charge is -2.40. The number of hydrogen-bond donors (Lipinski definition) is 3. The van der Waals surface area contributed by atoms with E-state index in [-0.39, 0.29) is 24.3 Å². The molecule has 0 spiro atoms. The van der Waals surface area contributed by atoms with Crippen molar-refractivity contribution >= 4 is 23.7 Å². The lowest BCUT2D eigenvalue weighted by atomic mass is 9.98. The van der Waals surface area contributed by atoms with E-state index in [4.69, 9.17) is 9.47 Å². The quantitative estimate of drug-likeness (QED) is 0.309. The first-order valence-corrected chi connectivity index (χ1v) is 11.3. The summed E-state index contributed by atoms with van der Waals surface area (Å²) in [6, 6.07) is -1.65. The highest BCUT2D eigenvalue weighted by atomic mass is 16.5. The highest BCUT2D eigenvalue weighted by Gasteiger charge is 2.41. The summed E-state index contributed by atoms with van der Waals surface area (Å²) in [4.78, 5) is 52.3. The number of ether oxygens (including phenoxy) is 2. The van der Waals surface area contributed by atoms with E-state index in [1.807, 2.05) is 20.8 Å². The van der Waals surface area contributed by atoms with Gasteiger partial charge in [-0.05, 0) is 26.7 Å². The van der Waals surface area contributed by atoms with Gasteiger partial charge in [-0.1, -0.05) is 32.9 Å². The summed E-state index contributed by atoms with van der Waals surface area (Å²) in [5, 5.41) is 8.58. The fourth-order valence-corrected chi connectivity index (χ4v) is 3.78. The van der Waals surface area contributed by atoms with Crippen LogP contribution in [0.2, 0.25) is 0 Å². The van der Waals surface area contributed by atoms with Crippen LogP contribution < -0.4 is 16.0 Å². The number of amides is 3. The summed E-state index contributed by atoms with van der Waals surface area (Å²) in [5.41, 5.74) is -1.01. The van der Waals surface area contributed by atoms with E-state index in [9.17, 15) is 19.2 Å². The second-order valence-electron chi connectivity index (χ2n) is 8.99. The molecule has 1 aliphatic rings. The maximum atomic E-state index is 13.0. The molecule has 3 amide bonds. The maximum Gasteiger partial charge on any atom is 0.327 e. The molecule has 0 aromatic heterocycles. The molecular weight excluding hydrogens is 428 g/mol. The fraction of sp³-hybridized carbons (Fsp3) is 0.739. The van der Waals surface area contributed by atoms with Gasteiger partial charge in [-0.3, -0.25) is 19.7 Å². The highest BCUT2D eigenvalue weighted by Crippen LogP contribution is 2.15. The third-order valence-electron chi connectivity index (χ3n) is 5.89. The third-order valence-corrected chi connectivity index (χ3v) is 5.89. The van der Waals surface area contributed by atoms with Crippen molar-refractivity contribution in [2.45, 2.75) is 65.3 Å². The van der Waals surface area contributed by atoms with Gasteiger partial charge in [0.15, 0.2) is 0 Å². The van der Waals surface area contributed by atoms with Gasteiger partial charge in [0.25, 0.3) is 0 Å². The first-order valence-electron chi connectivity index (χ1n) is 11.3. The van der Waals surface area contributed by atoms with E-state index in [1.54, 1.807) is 32.9 Å². The number of esters is 1. The minimum atomic E-state index is -1.01. The summed E-state index contributed by atoms with van der Waals surface area (Å²) in [5.74, 6) is -2.24. The minimum absolute atomic E-state index is 0.129. The first-order chi connectivity index (χ1) is 15.4. The second-order valence-corrected chi connectivity index (χ2v) is 8.99. The van der Waals surface area contributed by atoms with Crippen LogP contribution in [-0.4, -0.2) is 86.2 Å². The van der Waals surface area contributed by atoms with Crippen molar-refractivity contribution in [3.8, 4) is 0 Å². The number of nitrogens with one attached hydrogen (secondary N) is 3. The van der Waals surface area contributed by atoms with Crippen LogP contribution in [0, 0.1) is 11.8 Å². The molecule has 5 atom stereocenters. The standard InChI is InChI=1S/C23H40N4O6/c1-9-10-17(32-7)15(4)19(28)26-18(14(2)3)20(29)25-16(5)21(30)27-12-11-24-23(6,13-27)22(31)33-8/h9-10,14-18,24H,11-13H2,1-8H3,(H,25,29)(H,26,28)/b10-9+/t15-,16+,17-,18+,23?/m1/s1. The zero-order chi connectivity index (χ0) is 25.3. The van der Waals surface area contributed by atoms with Gasteiger partial charge in [-0.25, -0.2) is 4.79 Å². The average molecular weight is 469 g/mol. The van der Waals surface area contributed by atoms with Crippen LogP contribution in [-0.2, 0) is 28.7 Å². The molecule has 33 heavy (non-hydrogen) atoms. The van der Waals surface area contributed by atoms with Crippen molar-refractivity contribution in [3.63, 3.8) is 0 Å². The van der Waals surface area contributed by atoms with Gasteiger partial charge in [0.2, 0.25) is 17.7 Å². The van der Waals surface area contributed by atoms with Crippen molar-refractivity contribution in [2.24, 2.45) is 11.8 Å². The van der Waals surface area contributed by atoms with Crippen LogP contribution in [0.3, 0.4) is 0 Å². The van der Waals surface area contributed by atoms with Crippen molar-refractivity contribution in [3.05, 3.63) is 12.2 Å². The molecule has 188 valence electrons. The van der Waals surface area contributed by atoms with Crippen molar-refractivity contribution < 1.29 is 28.7 Å². The molecule has 0 aromatic carbocycles. The fourth-order valence-electron chi connectivity index (χ4n) is 3.78. The molecule has 0 aliphatic carbocycles. The molecule has 0 aromatic rings. The van der Waals surface area contributed by atoms with E-state index in [0.717, 1.165) is 0 Å². The predicted octanol–water partition coefficient (Wildman–Crippen LogP) is 0.223. The van der Waals surface area contributed by atoms with Crippen LogP contribution in [0.1, 0.15) is 41.5 Å². The van der Waals surface area contributed by atoms with Gasteiger partial charge in [0.1, 0.15) is 17.6 Å². The Morgan fingerprint density at radius 3 is 2.21 bits per heavy atom. The molecule has 1 heterocycles. The van der Waals surface area contributed by atoms with Gasteiger partial charge in [-0.15, -0.1) is 0 Å². The zero-order valence-corrected chi connectivity index (χ0v) is 21.1. The van der Waals surface area contributed by atoms with E-state index in [2.05, 4.69) is 16.0 Å². The number of piperazine rings is 1. The molecule has 0 bridgehead atoms. The Morgan fingerprint density at radius 2 is 1.70 bits per heavy atom. The molecule has 0 radical (unpaired) electrons. The van der Waals surface area contributed by atoms with E-state index in [0.29, 0.717) is 13.1 Å². The van der Waals surface area contributed by atoms with Crippen molar-refractivity contribution in [1.29, 1.82) is 0 Å². The molecule has 10 heteroatoms. The number of hydrogen-bond acceptors (Lipinski definition) is 7. The van der Waals surface area contributed by atoms with Gasteiger partial charge in [0.05, 0.1) is 19.1 Å². The summed E-state index contributed by atoms with van der Waals surface area (Å²) >= 11 is 0. The topological polar surface area (TPSA) is 126 Å². The van der Waals surface area contributed by atoms with Crippen LogP contribution in [0.4, 0.5) is 0 Å². The number of carbonyl (C=O) groups is 4. The van der Waals surface area contributed by atoms with E-state index >= 15 is 0 Å². The SMILES string of the molecule is C/C=C/[C@@H](OC)[C@@H](C)C(=O)N[C@H](C(=O)N[C@@H](C)C(=O)N1CCNC(C)(C(=O)OC)C1)C(C)C. The van der Waals surface area contributed by atoms with Crippen LogP contribution in [0.5, 0.6) is 0 Å². The second kappa shape index (κ2) is 12.7. The number of methoxy groups -OCH3 is 2. The minimum Gasteiger partial charge on any atom is -0.468 e. The summed E-state index contributed by atoms with van der Waals surface area (Å²) in [6.45, 7) is 11.4. The first kappa shape index (κ1) is 28.6. The Bertz CT molecular complexity index is 740. The summed E-state index contributed by atoms with van der Waals surface area (Å²) in [6.07, 6.45) is 3.17. The number of rotatable bonds is 10. The number of carbonyl (C=O) groups excluding carboxylic acids is 4. The monoisotopic (exact) mass is 468 g/mol. The molecule has 10 nitrogen and oxygen atoms in total. The maximum absolute atomic E-state index is 13.0. The lowest BCUT2D eigenvalue weighted by Crippen LogP contribution is -2.66. The average Bonchev–Trinajstić information content (AvgIpc) is 2.78. The van der Waals surface area contributed by atoms with Crippen LogP contribution in [0.15, 0.2) is 12.2 Å². The molecule has 1 unspecified atom stereocenters. The van der Waals surface area contributed by atoms with Gasteiger partial charge >= 0.3 is 5.97 Å². The van der Waals surface area contributed by atoms with Gasteiger partial charge in [0, 0.05) is 26.7 Å². The highest BCUT2D eigenvalue weighted by molar-refractivity contribution is 5.93. The van der Waals surface area contributed by atoms with Gasteiger partial charge < -0.3 is 25.0 Å². The smallest absolute Gasteiger partial charge is 0.327 e. The Kier molecular flexibility index (Phi) is 11.0. The van der Waals surface area contributed by atoms with E-state index in [1.165, 1.54) is 19.1 Å². The Balaban J connectivity index is 2.83. The number of nitrogens with zero attached hydrogens (tertiary/aromatic N) is 1. The van der Waals surface area contributed by atoms with E-state index < -0.39 is 41.5 Å². The molecule has 1 aliphatic heterocycles. The van der Waals surface area contributed by atoms with Crippen LogP contribution >= 0.6 is 0 Å². The normalized spacial score (nSPS) is 22.4. The Labute approximate surface area is 196 Å².